The molecule has 0 heterocycles. The van der Waals surface area contributed by atoms with Gasteiger partial charge >= 0.3 is 12.0 Å². The van der Waals surface area contributed by atoms with Crippen LogP contribution in [0.5, 0.6) is 0 Å². The molecule has 7 heteroatoms. The van der Waals surface area contributed by atoms with Gasteiger partial charge in [0.1, 0.15) is 0 Å². The van der Waals surface area contributed by atoms with E-state index in [2.05, 4.69) is 5.32 Å². The van der Waals surface area contributed by atoms with Gasteiger partial charge in [-0.1, -0.05) is 0 Å². The van der Waals surface area contributed by atoms with Crippen LogP contribution in [0.4, 0.5) is 4.79 Å². The molecule has 0 aliphatic rings. The summed E-state index contributed by atoms with van der Waals surface area (Å²) in [6.45, 7) is 1.25. The van der Waals surface area contributed by atoms with E-state index in [4.69, 9.17) is 10.2 Å². The number of carbonyl (C=O) groups is 2. The van der Waals surface area contributed by atoms with E-state index in [-0.39, 0.29) is 6.04 Å². The summed E-state index contributed by atoms with van der Waals surface area (Å²) < 4.78 is 0. The highest BCUT2D eigenvalue weighted by molar-refractivity contribution is 7.98. The number of thioether (sulfide) groups is 1. The van der Waals surface area contributed by atoms with Crippen LogP contribution in [0.25, 0.3) is 0 Å². The summed E-state index contributed by atoms with van der Waals surface area (Å²) in [5.74, 6) is -0.484. The van der Waals surface area contributed by atoms with E-state index < -0.39 is 24.6 Å². The fourth-order valence-electron chi connectivity index (χ4n) is 0.990. The molecular formula is C9H18N2O4S. The van der Waals surface area contributed by atoms with E-state index in [1.54, 1.807) is 18.8 Å². The van der Waals surface area contributed by atoms with E-state index in [0.29, 0.717) is 0 Å². The summed E-state index contributed by atoms with van der Waals surface area (Å²) in [4.78, 5) is 23.6. The number of rotatable bonds is 6. The van der Waals surface area contributed by atoms with Gasteiger partial charge in [-0.2, -0.15) is 11.8 Å². The molecule has 0 spiro atoms. The summed E-state index contributed by atoms with van der Waals surface area (Å²) in [7, 11) is 1.59. The van der Waals surface area contributed by atoms with Crippen molar-refractivity contribution in [3.05, 3.63) is 0 Å². The van der Waals surface area contributed by atoms with Crippen molar-refractivity contribution in [2.75, 3.05) is 25.7 Å². The number of hydrogen-bond acceptors (Lipinski definition) is 4. The Morgan fingerprint density at radius 1 is 1.50 bits per heavy atom. The number of amides is 2. The van der Waals surface area contributed by atoms with Crippen LogP contribution in [0.3, 0.4) is 0 Å². The molecule has 0 aromatic carbocycles. The van der Waals surface area contributed by atoms with Gasteiger partial charge in [-0.3, -0.25) is 0 Å². The Kier molecular flexibility index (Phi) is 6.91. The monoisotopic (exact) mass is 250 g/mol. The lowest BCUT2D eigenvalue weighted by Crippen LogP contribution is -2.51. The molecule has 0 aromatic rings. The molecule has 0 bridgehead atoms. The molecule has 0 aliphatic heterocycles. The number of nitrogens with one attached hydrogen (secondary N) is 1. The van der Waals surface area contributed by atoms with E-state index in [0.717, 1.165) is 5.75 Å². The van der Waals surface area contributed by atoms with Crippen LogP contribution in [-0.4, -0.2) is 64.9 Å². The number of aliphatic hydroxyl groups is 1. The molecule has 6 nitrogen and oxygen atoms in total. The molecule has 0 radical (unpaired) electrons. The molecular weight excluding hydrogens is 232 g/mol. The van der Waals surface area contributed by atoms with Crippen molar-refractivity contribution in [3.8, 4) is 0 Å². The van der Waals surface area contributed by atoms with Crippen LogP contribution in [0.2, 0.25) is 0 Å². The lowest BCUT2D eigenvalue weighted by molar-refractivity contribution is -0.140. The summed E-state index contributed by atoms with van der Waals surface area (Å²) >= 11 is 1.60. The first-order valence-electron chi connectivity index (χ1n) is 4.80. The van der Waals surface area contributed by atoms with Gasteiger partial charge in [0.25, 0.3) is 0 Å². The second-order valence-corrected chi connectivity index (χ2v) is 4.35. The normalized spacial score (nSPS) is 14.0. The van der Waals surface area contributed by atoms with Gasteiger partial charge in [0.2, 0.25) is 0 Å². The van der Waals surface area contributed by atoms with Gasteiger partial charge in [-0.25, -0.2) is 9.59 Å². The number of carboxylic acids is 1. The average molecular weight is 250 g/mol. The number of nitrogens with zero attached hydrogens (tertiary/aromatic N) is 1. The third kappa shape index (κ3) is 4.71. The lowest BCUT2D eigenvalue weighted by atomic mass is 10.3. The van der Waals surface area contributed by atoms with Crippen LogP contribution in [0.1, 0.15) is 6.92 Å². The Hall–Kier alpha value is -0.950. The molecule has 16 heavy (non-hydrogen) atoms. The number of carbonyl (C=O) groups excluding carboxylic acids is 1. The van der Waals surface area contributed by atoms with E-state index in [1.165, 1.54) is 4.90 Å². The number of aliphatic carboxylic acids is 1. The maximum absolute atomic E-state index is 11.6. The van der Waals surface area contributed by atoms with Crippen molar-refractivity contribution in [1.82, 2.24) is 10.2 Å². The average Bonchev–Trinajstić information content (AvgIpc) is 2.24. The Bertz CT molecular complexity index is 250. The minimum atomic E-state index is -1.25. The molecule has 3 N–H and O–H groups in total. The van der Waals surface area contributed by atoms with E-state index in [9.17, 15) is 9.59 Å². The smallest absolute Gasteiger partial charge is 0.328 e. The Morgan fingerprint density at radius 2 is 2.06 bits per heavy atom. The molecule has 2 atom stereocenters. The number of urea groups is 1. The minimum Gasteiger partial charge on any atom is -0.480 e. The van der Waals surface area contributed by atoms with Crippen molar-refractivity contribution in [2.45, 2.75) is 19.0 Å². The van der Waals surface area contributed by atoms with Gasteiger partial charge in [-0.15, -0.1) is 0 Å². The Morgan fingerprint density at radius 3 is 2.44 bits per heavy atom. The predicted molar refractivity (Wildman–Crippen MR) is 62.6 cm³/mol. The zero-order chi connectivity index (χ0) is 12.7. The number of hydrogen-bond donors (Lipinski definition) is 3. The van der Waals surface area contributed by atoms with Gasteiger partial charge in [0, 0.05) is 18.8 Å². The van der Waals surface area contributed by atoms with Crippen LogP contribution in [0, 0.1) is 0 Å². The third-order valence-electron chi connectivity index (χ3n) is 2.17. The Labute approximate surface area is 99.0 Å². The third-order valence-corrected chi connectivity index (χ3v) is 2.98. The van der Waals surface area contributed by atoms with Crippen LogP contribution in [-0.2, 0) is 4.79 Å². The number of carboxylic acid groups (broad SMARTS) is 1. The zero-order valence-electron chi connectivity index (χ0n) is 9.64. The van der Waals surface area contributed by atoms with E-state index >= 15 is 0 Å². The first-order chi connectivity index (χ1) is 7.43. The molecule has 2 amide bonds. The summed E-state index contributed by atoms with van der Waals surface area (Å²) in [6.07, 6.45) is 1.93. The molecule has 94 valence electrons. The van der Waals surface area contributed by atoms with E-state index in [1.807, 2.05) is 13.2 Å². The summed E-state index contributed by atoms with van der Waals surface area (Å²) in [6, 6.07) is -1.75. The fraction of sp³-hybridized carbons (Fsp3) is 0.778. The van der Waals surface area contributed by atoms with Gasteiger partial charge in [0.05, 0.1) is 6.61 Å². The van der Waals surface area contributed by atoms with Crippen molar-refractivity contribution < 1.29 is 19.8 Å². The zero-order valence-corrected chi connectivity index (χ0v) is 10.5. The maximum atomic E-state index is 11.6. The lowest BCUT2D eigenvalue weighted by Gasteiger charge is -2.25. The maximum Gasteiger partial charge on any atom is 0.328 e. The quantitative estimate of drug-likeness (QED) is 0.608. The molecule has 0 saturated carbocycles. The first kappa shape index (κ1) is 15.0. The van der Waals surface area contributed by atoms with Gasteiger partial charge in [0.15, 0.2) is 6.04 Å². The highest BCUT2D eigenvalue weighted by Crippen LogP contribution is 2.03. The highest BCUT2D eigenvalue weighted by Gasteiger charge is 2.22. The molecule has 1 unspecified atom stereocenters. The van der Waals surface area contributed by atoms with Crippen molar-refractivity contribution in [1.29, 1.82) is 0 Å². The predicted octanol–water partition coefficient (Wildman–Crippen LogP) is -0.175. The SMILES string of the molecule is CSCC(C)N(C)C(=O)N[C@@H](CO)C(=O)O. The topological polar surface area (TPSA) is 89.9 Å². The largest absolute Gasteiger partial charge is 0.480 e. The fourth-order valence-corrected chi connectivity index (χ4v) is 1.70. The summed E-state index contributed by atoms with van der Waals surface area (Å²) in [5, 5.41) is 19.6. The highest BCUT2D eigenvalue weighted by atomic mass is 32.2. The van der Waals surface area contributed by atoms with Crippen molar-refractivity contribution >= 4 is 23.8 Å². The van der Waals surface area contributed by atoms with Crippen molar-refractivity contribution in [2.24, 2.45) is 0 Å². The molecule has 0 aliphatic carbocycles. The Balaban J connectivity index is 4.28. The van der Waals surface area contributed by atoms with Gasteiger partial charge < -0.3 is 20.4 Å². The molecule has 0 rings (SSSR count). The first-order valence-corrected chi connectivity index (χ1v) is 6.19. The number of aliphatic hydroxyl groups excluding tert-OH is 1. The van der Waals surface area contributed by atoms with Crippen LogP contribution < -0.4 is 5.32 Å². The second kappa shape index (κ2) is 7.34. The molecule has 0 fully saturated rings. The van der Waals surface area contributed by atoms with Crippen LogP contribution >= 0.6 is 11.8 Å². The van der Waals surface area contributed by atoms with Gasteiger partial charge in [-0.05, 0) is 13.2 Å². The summed E-state index contributed by atoms with van der Waals surface area (Å²) in [5.41, 5.74) is 0. The second-order valence-electron chi connectivity index (χ2n) is 3.44. The molecule has 0 aromatic heterocycles. The van der Waals surface area contributed by atoms with Crippen molar-refractivity contribution in [3.63, 3.8) is 0 Å². The standard InChI is InChI=1S/C9H18N2O4S/c1-6(5-16-3)11(2)9(15)10-7(4-12)8(13)14/h6-7,12H,4-5H2,1-3H3,(H,10,15)(H,13,14)/t6?,7-/m0/s1. The van der Waals surface area contributed by atoms with Crippen LogP contribution in [0.15, 0.2) is 0 Å². The minimum absolute atomic E-state index is 0.00291. The molecule has 0 saturated heterocycles.